The van der Waals surface area contributed by atoms with Crippen molar-refractivity contribution < 1.29 is 9.53 Å². The fourth-order valence-electron chi connectivity index (χ4n) is 3.22. The second-order valence-electron chi connectivity index (χ2n) is 6.79. The van der Waals surface area contributed by atoms with Crippen LogP contribution in [0.4, 0.5) is 5.82 Å². The van der Waals surface area contributed by atoms with E-state index in [-0.39, 0.29) is 17.4 Å². The van der Waals surface area contributed by atoms with Crippen molar-refractivity contribution in [2.75, 3.05) is 12.4 Å². The maximum atomic E-state index is 12.8. The zero-order chi connectivity index (χ0) is 22.0. The predicted molar refractivity (Wildman–Crippen MR) is 120 cm³/mol. The highest BCUT2D eigenvalue weighted by atomic mass is 32.1. The third-order valence-corrected chi connectivity index (χ3v) is 5.73. The Hall–Kier alpha value is -3.72. The minimum atomic E-state index is -0.314. The SMILES string of the molecule is CCc1c(C)nc(-n2nc(-c3cccs3)cc2NC(=O)c2ccc(OC)cc2)[nH]c1=O. The Morgan fingerprint density at radius 2 is 2.03 bits per heavy atom. The van der Waals surface area contributed by atoms with Crippen LogP contribution >= 0.6 is 11.3 Å². The van der Waals surface area contributed by atoms with Crippen molar-refractivity contribution in [3.8, 4) is 22.3 Å². The van der Waals surface area contributed by atoms with E-state index >= 15 is 0 Å². The fourth-order valence-corrected chi connectivity index (χ4v) is 3.90. The highest BCUT2D eigenvalue weighted by Gasteiger charge is 2.18. The van der Waals surface area contributed by atoms with Crippen molar-refractivity contribution in [2.45, 2.75) is 20.3 Å². The van der Waals surface area contributed by atoms with Crippen LogP contribution in [0.2, 0.25) is 0 Å². The maximum absolute atomic E-state index is 12.8. The quantitative estimate of drug-likeness (QED) is 0.479. The summed E-state index contributed by atoms with van der Waals surface area (Å²) in [5, 5.41) is 9.42. The molecule has 0 fully saturated rings. The number of aromatic nitrogens is 4. The number of ether oxygens (including phenoxy) is 1. The molecule has 1 amide bonds. The van der Waals surface area contributed by atoms with Crippen molar-refractivity contribution in [1.29, 1.82) is 0 Å². The molecule has 0 aliphatic rings. The lowest BCUT2D eigenvalue weighted by Gasteiger charge is -2.10. The number of benzene rings is 1. The molecule has 3 heterocycles. The van der Waals surface area contributed by atoms with Gasteiger partial charge in [0.15, 0.2) is 0 Å². The summed E-state index contributed by atoms with van der Waals surface area (Å²) < 4.78 is 6.59. The minimum absolute atomic E-state index is 0.217. The van der Waals surface area contributed by atoms with Gasteiger partial charge in [-0.15, -0.1) is 11.3 Å². The monoisotopic (exact) mass is 435 g/mol. The summed E-state index contributed by atoms with van der Waals surface area (Å²) in [5.74, 6) is 0.990. The largest absolute Gasteiger partial charge is 0.497 e. The number of anilines is 1. The van der Waals surface area contributed by atoms with Crippen molar-refractivity contribution in [1.82, 2.24) is 19.7 Å². The summed E-state index contributed by atoms with van der Waals surface area (Å²) in [6.07, 6.45) is 0.578. The van der Waals surface area contributed by atoms with Gasteiger partial charge in [0.2, 0.25) is 5.95 Å². The molecule has 4 rings (SSSR count). The Labute approximate surface area is 182 Å². The number of nitrogens with zero attached hydrogens (tertiary/aromatic N) is 3. The Bertz CT molecular complexity index is 1270. The number of H-pyrrole nitrogens is 1. The van der Waals surface area contributed by atoms with Crippen molar-refractivity contribution in [3.05, 3.63) is 75.0 Å². The molecular formula is C22H21N5O3S. The number of aromatic amines is 1. The second kappa shape index (κ2) is 8.57. The van der Waals surface area contributed by atoms with Gasteiger partial charge in [0.25, 0.3) is 11.5 Å². The molecule has 2 N–H and O–H groups in total. The first kappa shape index (κ1) is 20.5. The van der Waals surface area contributed by atoms with Gasteiger partial charge in [-0.3, -0.25) is 14.6 Å². The van der Waals surface area contributed by atoms with Gasteiger partial charge in [-0.1, -0.05) is 13.0 Å². The van der Waals surface area contributed by atoms with E-state index in [0.717, 1.165) is 4.88 Å². The normalized spacial score (nSPS) is 10.8. The second-order valence-corrected chi connectivity index (χ2v) is 7.74. The topological polar surface area (TPSA) is 102 Å². The summed E-state index contributed by atoms with van der Waals surface area (Å²) in [4.78, 5) is 33.6. The molecule has 0 aliphatic heterocycles. The van der Waals surface area contributed by atoms with Crippen LogP contribution in [-0.2, 0) is 6.42 Å². The lowest BCUT2D eigenvalue weighted by atomic mass is 10.2. The number of carbonyl (C=O) groups excluding carboxylic acids is 1. The predicted octanol–water partition coefficient (Wildman–Crippen LogP) is 3.82. The Morgan fingerprint density at radius 1 is 1.26 bits per heavy atom. The number of carbonyl (C=O) groups is 1. The molecule has 0 aliphatic carbocycles. The number of nitrogens with one attached hydrogen (secondary N) is 2. The molecule has 0 atom stereocenters. The van der Waals surface area contributed by atoms with Gasteiger partial charge >= 0.3 is 0 Å². The number of aryl methyl sites for hydroxylation is 1. The zero-order valence-electron chi connectivity index (χ0n) is 17.3. The van der Waals surface area contributed by atoms with Crippen LogP contribution in [0, 0.1) is 6.92 Å². The van der Waals surface area contributed by atoms with Gasteiger partial charge in [0.05, 0.1) is 12.0 Å². The van der Waals surface area contributed by atoms with E-state index in [9.17, 15) is 9.59 Å². The smallest absolute Gasteiger partial charge is 0.256 e. The first-order valence-corrected chi connectivity index (χ1v) is 10.6. The summed E-state index contributed by atoms with van der Waals surface area (Å²) in [6.45, 7) is 3.69. The number of methoxy groups -OCH3 is 1. The molecule has 0 saturated carbocycles. The van der Waals surface area contributed by atoms with E-state index in [1.807, 2.05) is 24.4 Å². The molecule has 0 radical (unpaired) electrons. The van der Waals surface area contributed by atoms with E-state index in [0.29, 0.717) is 40.5 Å². The minimum Gasteiger partial charge on any atom is -0.497 e. The van der Waals surface area contributed by atoms with E-state index in [2.05, 4.69) is 20.4 Å². The summed E-state index contributed by atoms with van der Waals surface area (Å²) >= 11 is 1.53. The van der Waals surface area contributed by atoms with Crippen LogP contribution in [0.15, 0.2) is 52.6 Å². The summed E-state index contributed by atoms with van der Waals surface area (Å²) in [5.41, 5.74) is 2.16. The zero-order valence-corrected chi connectivity index (χ0v) is 18.1. The maximum Gasteiger partial charge on any atom is 0.256 e. The summed E-state index contributed by atoms with van der Waals surface area (Å²) in [6, 6.07) is 12.4. The lowest BCUT2D eigenvalue weighted by molar-refractivity contribution is 0.102. The number of thiophene rings is 1. The first-order valence-electron chi connectivity index (χ1n) is 9.69. The van der Waals surface area contributed by atoms with E-state index in [4.69, 9.17) is 4.74 Å². The number of amides is 1. The Morgan fingerprint density at radius 3 is 2.65 bits per heavy atom. The van der Waals surface area contributed by atoms with Gasteiger partial charge in [0.1, 0.15) is 17.3 Å². The van der Waals surface area contributed by atoms with E-state index < -0.39 is 0 Å². The van der Waals surface area contributed by atoms with Crippen LogP contribution in [-0.4, -0.2) is 32.8 Å². The third-order valence-electron chi connectivity index (χ3n) is 4.84. The average molecular weight is 436 g/mol. The molecule has 1 aromatic carbocycles. The molecule has 3 aromatic heterocycles. The summed E-state index contributed by atoms with van der Waals surface area (Å²) in [7, 11) is 1.57. The van der Waals surface area contributed by atoms with Crippen molar-refractivity contribution in [2.24, 2.45) is 0 Å². The first-order chi connectivity index (χ1) is 15.0. The lowest BCUT2D eigenvalue weighted by Crippen LogP contribution is -2.21. The van der Waals surface area contributed by atoms with Gasteiger partial charge < -0.3 is 10.1 Å². The van der Waals surface area contributed by atoms with Crippen molar-refractivity contribution in [3.63, 3.8) is 0 Å². The number of hydrogen-bond acceptors (Lipinski definition) is 6. The number of hydrogen-bond donors (Lipinski definition) is 2. The molecule has 0 unspecified atom stereocenters. The number of rotatable bonds is 6. The molecule has 31 heavy (non-hydrogen) atoms. The van der Waals surface area contributed by atoms with Gasteiger partial charge in [-0.25, -0.2) is 4.98 Å². The Kier molecular flexibility index (Phi) is 5.68. The molecular weight excluding hydrogens is 414 g/mol. The molecule has 0 saturated heterocycles. The van der Waals surface area contributed by atoms with E-state index in [1.165, 1.54) is 16.0 Å². The van der Waals surface area contributed by atoms with Gasteiger partial charge in [0, 0.05) is 22.9 Å². The molecule has 4 aromatic rings. The molecule has 158 valence electrons. The highest BCUT2D eigenvalue weighted by Crippen LogP contribution is 2.27. The molecule has 8 nitrogen and oxygen atoms in total. The van der Waals surface area contributed by atoms with Crippen LogP contribution in [0.1, 0.15) is 28.5 Å². The van der Waals surface area contributed by atoms with E-state index in [1.54, 1.807) is 44.4 Å². The van der Waals surface area contributed by atoms with Gasteiger partial charge in [-0.05, 0) is 49.1 Å². The highest BCUT2D eigenvalue weighted by molar-refractivity contribution is 7.13. The van der Waals surface area contributed by atoms with Crippen LogP contribution < -0.4 is 15.6 Å². The third kappa shape index (κ3) is 4.13. The van der Waals surface area contributed by atoms with Gasteiger partial charge in [-0.2, -0.15) is 9.78 Å². The van der Waals surface area contributed by atoms with Crippen LogP contribution in [0.3, 0.4) is 0 Å². The van der Waals surface area contributed by atoms with Crippen LogP contribution in [0.5, 0.6) is 5.75 Å². The van der Waals surface area contributed by atoms with Crippen molar-refractivity contribution >= 4 is 23.1 Å². The average Bonchev–Trinajstić information content (AvgIpc) is 3.43. The molecule has 9 heteroatoms. The fraction of sp³-hybridized carbons (Fsp3) is 0.182. The molecule has 0 bridgehead atoms. The standard InChI is InChI=1S/C22H21N5O3S/c1-4-16-13(2)23-22(25-21(16)29)27-19(12-17(26-27)18-6-5-11-31-18)24-20(28)14-7-9-15(30-3)10-8-14/h5-12H,4H2,1-3H3,(H,24,28)(H,23,25,29). The molecule has 0 spiro atoms. The Balaban J connectivity index is 1.76. The van der Waals surface area contributed by atoms with Crippen LogP contribution in [0.25, 0.3) is 16.5 Å².